The minimum Gasteiger partial charge on any atom is 0 e. The van der Waals surface area contributed by atoms with Gasteiger partial charge < -0.3 is 0 Å². The Labute approximate surface area is 56.9 Å². The van der Waals surface area contributed by atoms with Crippen molar-refractivity contribution in [2.45, 2.75) is 0 Å². The van der Waals surface area contributed by atoms with Crippen molar-refractivity contribution in [3.63, 3.8) is 0 Å². The largest absolute Gasteiger partial charge is 0 e. The summed E-state index contributed by atoms with van der Waals surface area (Å²) >= 11 is 2.22. The monoisotopic (exact) mass is 233 g/mol. The second-order valence-electron chi connectivity index (χ2n) is 0. The molecule has 0 rings (SSSR count). The first-order valence-corrected chi connectivity index (χ1v) is 2.12. The SMILES string of the molecule is Cl.[Cl][Pd].[Fe]. The van der Waals surface area contributed by atoms with Gasteiger partial charge in [-0.25, -0.2) is 0 Å². The van der Waals surface area contributed by atoms with Crippen molar-refractivity contribution in [2.75, 3.05) is 0 Å². The molecule has 0 aliphatic heterocycles. The topological polar surface area (TPSA) is 0 Å². The average Bonchev–Trinajstić information content (AvgIpc) is 1.00. The molecule has 0 aromatic carbocycles. The molecule has 0 N–H and O–H groups in total. The molecular formula is HCl2FePd. The molecule has 0 radical (unpaired) electrons. The summed E-state index contributed by atoms with van der Waals surface area (Å²) in [6.07, 6.45) is 0. The smallest absolute Gasteiger partial charge is 0 e. The zero-order valence-corrected chi connectivity index (χ0v) is 5.69. The number of hydrogen-bond acceptors (Lipinski definition) is 0. The molecule has 0 spiro atoms. The molecule has 0 nitrogen and oxygen atoms in total. The average molecular weight is 234 g/mol. The van der Waals surface area contributed by atoms with Gasteiger partial charge in [0.1, 0.15) is 0 Å². The Morgan fingerprint density at radius 3 is 1.25 bits per heavy atom. The fraction of sp³-hybridized carbons (Fsp3) is 0. The van der Waals surface area contributed by atoms with Crippen molar-refractivity contribution in [3.05, 3.63) is 0 Å². The van der Waals surface area contributed by atoms with Gasteiger partial charge in [-0.15, -0.1) is 12.4 Å². The van der Waals surface area contributed by atoms with E-state index < -0.39 is 0 Å². The van der Waals surface area contributed by atoms with Crippen molar-refractivity contribution < 1.29 is 35.2 Å². The molecule has 0 bridgehead atoms. The molecule has 0 aromatic rings. The standard InChI is InChI=1S/2ClH.Fe.Pd/h2*1H;;/q;;;+1/p-1. The zero-order valence-electron chi connectivity index (χ0n) is 1.46. The van der Waals surface area contributed by atoms with Crippen molar-refractivity contribution >= 4 is 21.9 Å². The van der Waals surface area contributed by atoms with Gasteiger partial charge in [0.15, 0.2) is 0 Å². The third kappa shape index (κ3) is 9.24. The molecule has 33 valence electrons. The fourth-order valence-corrected chi connectivity index (χ4v) is 0. The number of rotatable bonds is 0. The summed E-state index contributed by atoms with van der Waals surface area (Å²) in [4.78, 5) is 0. The van der Waals surface area contributed by atoms with Gasteiger partial charge >= 0.3 is 27.7 Å². The maximum absolute atomic E-state index is 4.49. The molecule has 0 atom stereocenters. The van der Waals surface area contributed by atoms with Gasteiger partial charge in [0, 0.05) is 17.1 Å². The molecule has 0 saturated heterocycles. The Balaban J connectivity index is -0.00000000500. The fourth-order valence-electron chi connectivity index (χ4n) is 0. The van der Waals surface area contributed by atoms with E-state index in [4.69, 9.17) is 0 Å². The van der Waals surface area contributed by atoms with Gasteiger partial charge in [-0.2, -0.15) is 0 Å². The van der Waals surface area contributed by atoms with Crippen LogP contribution in [-0.2, 0) is 35.2 Å². The Hall–Kier alpha value is 1.76. The second-order valence-corrected chi connectivity index (χ2v) is 0. The van der Waals surface area contributed by atoms with Gasteiger partial charge in [0.2, 0.25) is 0 Å². The van der Waals surface area contributed by atoms with E-state index in [0.717, 1.165) is 0 Å². The molecule has 4 heavy (non-hydrogen) atoms. The molecule has 0 heterocycles. The third-order valence-electron chi connectivity index (χ3n) is 0. The molecule has 4 heteroatoms. The summed E-state index contributed by atoms with van der Waals surface area (Å²) in [6.45, 7) is 0. The van der Waals surface area contributed by atoms with Crippen LogP contribution in [0.2, 0.25) is 0 Å². The van der Waals surface area contributed by atoms with Crippen molar-refractivity contribution in [1.82, 2.24) is 0 Å². The van der Waals surface area contributed by atoms with Crippen LogP contribution >= 0.6 is 21.9 Å². The Morgan fingerprint density at radius 1 is 1.25 bits per heavy atom. The third-order valence-corrected chi connectivity index (χ3v) is 0. The van der Waals surface area contributed by atoms with Crippen LogP contribution in [-0.4, -0.2) is 0 Å². The summed E-state index contributed by atoms with van der Waals surface area (Å²) in [5, 5.41) is 0. The molecule has 0 fully saturated rings. The van der Waals surface area contributed by atoms with Crippen LogP contribution in [0.3, 0.4) is 0 Å². The number of hydrogen-bond donors (Lipinski definition) is 0. The van der Waals surface area contributed by atoms with Gasteiger partial charge in [-0.3, -0.25) is 0 Å². The molecule has 0 saturated carbocycles. The van der Waals surface area contributed by atoms with Gasteiger partial charge in [-0.05, 0) is 0 Å². The van der Waals surface area contributed by atoms with Crippen LogP contribution < -0.4 is 0 Å². The Morgan fingerprint density at radius 2 is 1.25 bits per heavy atom. The number of halogens is 2. The molecule has 0 aliphatic rings. The maximum atomic E-state index is 4.49. The first-order valence-electron chi connectivity index (χ1n) is 0.120. The first-order chi connectivity index (χ1) is 1.00. The minimum atomic E-state index is 0. The van der Waals surface area contributed by atoms with E-state index in [1.165, 1.54) is 0 Å². The van der Waals surface area contributed by atoms with E-state index in [0.29, 0.717) is 0 Å². The maximum Gasteiger partial charge on any atom is 0 e. The molecule has 0 unspecified atom stereocenters. The predicted molar refractivity (Wildman–Crippen MR) is 13.1 cm³/mol. The summed E-state index contributed by atoms with van der Waals surface area (Å²) in [5.41, 5.74) is 0. The van der Waals surface area contributed by atoms with E-state index in [-0.39, 0.29) is 29.5 Å². The van der Waals surface area contributed by atoms with E-state index in [1.807, 2.05) is 0 Å². The van der Waals surface area contributed by atoms with Crippen molar-refractivity contribution in [2.24, 2.45) is 0 Å². The first kappa shape index (κ1) is 17.1. The van der Waals surface area contributed by atoms with E-state index in [2.05, 4.69) is 27.7 Å². The summed E-state index contributed by atoms with van der Waals surface area (Å²) < 4.78 is 0. The van der Waals surface area contributed by atoms with Gasteiger partial charge in [0.05, 0.1) is 0 Å². The molecule has 0 amide bonds. The van der Waals surface area contributed by atoms with E-state index in [9.17, 15) is 0 Å². The van der Waals surface area contributed by atoms with E-state index >= 15 is 0 Å². The summed E-state index contributed by atoms with van der Waals surface area (Å²) in [7, 11) is 4.49. The summed E-state index contributed by atoms with van der Waals surface area (Å²) in [6, 6.07) is 0. The predicted octanol–water partition coefficient (Wildman–Crippen LogP) is 1.11. The van der Waals surface area contributed by atoms with Crippen molar-refractivity contribution in [3.8, 4) is 0 Å². The minimum absolute atomic E-state index is 0. The Bertz CT molecular complexity index is 6.00. The van der Waals surface area contributed by atoms with Crippen LogP contribution in [0.4, 0.5) is 0 Å². The molecule has 0 aromatic heterocycles. The molecular weight excluding hydrogens is 233 g/mol. The zero-order chi connectivity index (χ0) is 2.00. The summed E-state index contributed by atoms with van der Waals surface area (Å²) in [5.74, 6) is 0. The van der Waals surface area contributed by atoms with Gasteiger partial charge in [0.25, 0.3) is 0 Å². The quantitative estimate of drug-likeness (QED) is 0.551. The Kier molecular flexibility index (Phi) is 93.0. The van der Waals surface area contributed by atoms with Crippen LogP contribution in [0.1, 0.15) is 0 Å². The van der Waals surface area contributed by atoms with Gasteiger partial charge in [-0.1, -0.05) is 0 Å². The van der Waals surface area contributed by atoms with Crippen LogP contribution in [0.5, 0.6) is 0 Å². The van der Waals surface area contributed by atoms with Crippen LogP contribution in [0, 0.1) is 0 Å². The van der Waals surface area contributed by atoms with Crippen molar-refractivity contribution in [1.29, 1.82) is 0 Å². The van der Waals surface area contributed by atoms with E-state index in [1.54, 1.807) is 0 Å². The van der Waals surface area contributed by atoms with Crippen LogP contribution in [0.25, 0.3) is 0 Å². The second kappa shape index (κ2) is 21.7. The van der Waals surface area contributed by atoms with Crippen LogP contribution in [0.15, 0.2) is 0 Å². The normalized spacial score (nSPS) is 1.75. The molecule has 0 aliphatic carbocycles.